The van der Waals surface area contributed by atoms with Crippen LogP contribution in [0.5, 0.6) is 0 Å². The van der Waals surface area contributed by atoms with Crippen molar-refractivity contribution in [2.24, 2.45) is 52.3 Å². The molecule has 0 spiro atoms. The van der Waals surface area contributed by atoms with Crippen molar-refractivity contribution in [1.29, 1.82) is 0 Å². The van der Waals surface area contributed by atoms with E-state index in [0.717, 1.165) is 37.0 Å². The smallest absolute Gasteiger partial charge is 0.307 e. The van der Waals surface area contributed by atoms with Gasteiger partial charge in [0.1, 0.15) is 5.78 Å². The van der Waals surface area contributed by atoms with E-state index < -0.39 is 23.3 Å². The lowest BCUT2D eigenvalue weighted by Gasteiger charge is -2.56. The minimum atomic E-state index is -0.994. The monoisotopic (exact) mass is 490 g/mol. The summed E-state index contributed by atoms with van der Waals surface area (Å²) in [5.74, 6) is 1.44. The number of ether oxygens (including phenoxy) is 1. The minimum Gasteiger partial charge on any atom is -0.481 e. The van der Waals surface area contributed by atoms with Crippen molar-refractivity contribution in [2.75, 3.05) is 6.61 Å². The van der Waals surface area contributed by atoms with E-state index in [4.69, 9.17) is 4.74 Å². The fourth-order valence-corrected chi connectivity index (χ4v) is 8.74. The number of hydrogen-bond acceptors (Lipinski definition) is 4. The summed E-state index contributed by atoms with van der Waals surface area (Å²) < 4.78 is 5.04. The third-order valence-corrected chi connectivity index (χ3v) is 10.5. The Bertz CT molecular complexity index is 775. The number of carbonyl (C=O) groups excluding carboxylic acids is 2. The molecule has 0 unspecified atom stereocenters. The molecular weight excluding hydrogens is 440 g/mol. The Morgan fingerprint density at radius 2 is 1.77 bits per heavy atom. The number of esters is 1. The Kier molecular flexibility index (Phi) is 9.13. The van der Waals surface area contributed by atoms with Crippen molar-refractivity contribution in [3.05, 3.63) is 0 Å². The quantitative estimate of drug-likeness (QED) is 0.318. The van der Waals surface area contributed by atoms with Crippen LogP contribution in [0.15, 0.2) is 0 Å². The van der Waals surface area contributed by atoms with Crippen molar-refractivity contribution in [2.45, 2.75) is 112 Å². The second kappa shape index (κ2) is 11.3. The minimum absolute atomic E-state index is 0.152. The van der Waals surface area contributed by atoms with Crippen molar-refractivity contribution in [1.82, 2.24) is 0 Å². The number of hydrogen-bond donors (Lipinski definition) is 1. The Labute approximate surface area is 213 Å². The number of Topliss-reactive ketones (excluding diaryl/α,β-unsaturated/α-hetero) is 1. The van der Waals surface area contributed by atoms with Crippen molar-refractivity contribution < 1.29 is 24.2 Å². The summed E-state index contributed by atoms with van der Waals surface area (Å²) in [5, 5.41) is 9.89. The molecule has 3 saturated carbocycles. The van der Waals surface area contributed by atoms with Gasteiger partial charge in [0.15, 0.2) is 0 Å². The molecule has 0 aromatic rings. The first-order chi connectivity index (χ1) is 16.4. The predicted molar refractivity (Wildman–Crippen MR) is 138 cm³/mol. The van der Waals surface area contributed by atoms with Crippen molar-refractivity contribution in [3.8, 4) is 0 Å². The molecule has 5 nitrogen and oxygen atoms in total. The lowest BCUT2D eigenvalue weighted by Crippen LogP contribution is -2.53. The average Bonchev–Trinajstić information content (AvgIpc) is 3.13. The highest BCUT2D eigenvalue weighted by Gasteiger charge is 2.60. The van der Waals surface area contributed by atoms with Crippen LogP contribution in [0.3, 0.4) is 0 Å². The summed E-state index contributed by atoms with van der Waals surface area (Å²) in [6.07, 6.45) is 10.2. The standard InChI is InChI=1S/C30H50O5/c1-7-35-27(32)17-21(28(33)34)18-30(6)25-15-16-29(5)23(20(4)10-8-9-19(2)3)12-13-24(29)22(25)11-14-26(30)31/h19-25H,7-18H2,1-6H3,(H,33,34)/t20-,21-,22+,23-,24+,25+,29-,30-/m1/s1. The van der Waals surface area contributed by atoms with Gasteiger partial charge in [-0.15, -0.1) is 0 Å². The molecule has 5 heteroatoms. The van der Waals surface area contributed by atoms with Crippen LogP contribution >= 0.6 is 0 Å². The Hall–Kier alpha value is -1.39. The van der Waals surface area contributed by atoms with E-state index in [-0.39, 0.29) is 31.1 Å². The molecule has 35 heavy (non-hydrogen) atoms. The van der Waals surface area contributed by atoms with Crippen LogP contribution in [0.25, 0.3) is 0 Å². The first kappa shape index (κ1) is 28.2. The molecule has 3 aliphatic carbocycles. The van der Waals surface area contributed by atoms with E-state index in [1.54, 1.807) is 6.92 Å². The topological polar surface area (TPSA) is 80.7 Å². The third-order valence-electron chi connectivity index (χ3n) is 10.5. The molecule has 0 bridgehead atoms. The summed E-state index contributed by atoms with van der Waals surface area (Å²) in [6.45, 7) is 13.6. The summed E-state index contributed by atoms with van der Waals surface area (Å²) in [5.41, 5.74) is -0.336. The summed E-state index contributed by atoms with van der Waals surface area (Å²) in [4.78, 5) is 37.5. The molecule has 1 N–H and O–H groups in total. The van der Waals surface area contributed by atoms with Gasteiger partial charge in [-0.2, -0.15) is 0 Å². The van der Waals surface area contributed by atoms with Gasteiger partial charge in [0.2, 0.25) is 0 Å². The van der Waals surface area contributed by atoms with Crippen LogP contribution in [0.1, 0.15) is 112 Å². The van der Waals surface area contributed by atoms with Gasteiger partial charge in [-0.25, -0.2) is 0 Å². The number of carbonyl (C=O) groups is 3. The van der Waals surface area contributed by atoms with E-state index >= 15 is 0 Å². The van der Waals surface area contributed by atoms with Gasteiger partial charge in [-0.3, -0.25) is 14.4 Å². The van der Waals surface area contributed by atoms with E-state index in [1.165, 1.54) is 32.1 Å². The summed E-state index contributed by atoms with van der Waals surface area (Å²) >= 11 is 0. The molecule has 0 aromatic carbocycles. The maximum atomic E-state index is 13.3. The van der Waals surface area contributed by atoms with Crippen molar-refractivity contribution in [3.63, 3.8) is 0 Å². The summed E-state index contributed by atoms with van der Waals surface area (Å²) in [7, 11) is 0. The number of carboxylic acid groups (broad SMARTS) is 1. The Balaban J connectivity index is 1.76. The molecule has 0 radical (unpaired) electrons. The molecule has 3 aliphatic rings. The number of fused-ring (bicyclic) bond motifs is 3. The third kappa shape index (κ3) is 5.80. The van der Waals surface area contributed by atoms with E-state index in [0.29, 0.717) is 23.7 Å². The molecule has 0 aromatic heterocycles. The molecule has 3 fully saturated rings. The Morgan fingerprint density at radius 1 is 1.06 bits per heavy atom. The summed E-state index contributed by atoms with van der Waals surface area (Å²) in [6, 6.07) is 0. The highest BCUT2D eigenvalue weighted by molar-refractivity contribution is 5.87. The molecule has 3 rings (SSSR count). The number of carboxylic acids is 1. The molecular formula is C30H50O5. The largest absolute Gasteiger partial charge is 0.481 e. The van der Waals surface area contributed by atoms with Crippen LogP contribution in [-0.2, 0) is 19.1 Å². The van der Waals surface area contributed by atoms with Crippen LogP contribution in [-0.4, -0.2) is 29.4 Å². The zero-order chi connectivity index (χ0) is 26.0. The average molecular weight is 491 g/mol. The van der Waals surface area contributed by atoms with Crippen LogP contribution in [0.4, 0.5) is 0 Å². The second-order valence-electron chi connectivity index (χ2n) is 13.0. The van der Waals surface area contributed by atoms with Gasteiger partial charge in [-0.05, 0) is 86.4 Å². The van der Waals surface area contributed by atoms with E-state index in [9.17, 15) is 19.5 Å². The SMILES string of the molecule is CCOC(=O)C[C@H](C[C@@]1(C)C(=O)CC[C@H]2[C@@H]3CC[C@H]([C@H](C)CCCC(C)C)[C@@]3(C)CC[C@@H]21)C(=O)O. The zero-order valence-corrected chi connectivity index (χ0v) is 23.1. The van der Waals surface area contributed by atoms with Crippen LogP contribution < -0.4 is 0 Å². The van der Waals surface area contributed by atoms with Crippen LogP contribution in [0, 0.1) is 52.3 Å². The van der Waals surface area contributed by atoms with Gasteiger partial charge in [0.05, 0.1) is 18.9 Å². The van der Waals surface area contributed by atoms with E-state index in [1.807, 2.05) is 6.92 Å². The predicted octanol–water partition coefficient (Wildman–Crippen LogP) is 6.92. The second-order valence-corrected chi connectivity index (χ2v) is 13.0. The lowest BCUT2D eigenvalue weighted by molar-refractivity contribution is -0.158. The maximum absolute atomic E-state index is 13.3. The maximum Gasteiger partial charge on any atom is 0.307 e. The molecule has 0 saturated heterocycles. The highest BCUT2D eigenvalue weighted by Crippen LogP contribution is 2.66. The van der Waals surface area contributed by atoms with E-state index in [2.05, 4.69) is 27.7 Å². The van der Waals surface area contributed by atoms with Crippen molar-refractivity contribution >= 4 is 17.7 Å². The highest BCUT2D eigenvalue weighted by atomic mass is 16.5. The number of ketones is 1. The van der Waals surface area contributed by atoms with Gasteiger partial charge < -0.3 is 9.84 Å². The molecule has 0 heterocycles. The first-order valence-corrected chi connectivity index (χ1v) is 14.4. The van der Waals surface area contributed by atoms with Gasteiger partial charge in [-0.1, -0.05) is 53.9 Å². The molecule has 200 valence electrons. The number of rotatable bonds is 11. The normalized spacial score (nSPS) is 36.4. The zero-order valence-electron chi connectivity index (χ0n) is 23.1. The first-order valence-electron chi connectivity index (χ1n) is 14.4. The number of aliphatic carboxylic acids is 1. The molecule has 0 amide bonds. The van der Waals surface area contributed by atoms with Crippen LogP contribution in [0.2, 0.25) is 0 Å². The van der Waals surface area contributed by atoms with Gasteiger partial charge in [0.25, 0.3) is 0 Å². The van der Waals surface area contributed by atoms with Gasteiger partial charge >= 0.3 is 11.9 Å². The van der Waals surface area contributed by atoms with Gasteiger partial charge in [0, 0.05) is 11.8 Å². The molecule has 8 atom stereocenters. The fourth-order valence-electron chi connectivity index (χ4n) is 8.74. The Morgan fingerprint density at radius 3 is 2.40 bits per heavy atom. The fraction of sp³-hybridized carbons (Fsp3) is 0.900. The molecule has 0 aliphatic heterocycles. The lowest BCUT2D eigenvalue weighted by atomic mass is 9.47.